The van der Waals surface area contributed by atoms with Crippen molar-refractivity contribution in [2.75, 3.05) is 13.6 Å². The van der Waals surface area contributed by atoms with Gasteiger partial charge in [-0.25, -0.2) is 0 Å². The van der Waals surface area contributed by atoms with E-state index in [1.165, 1.54) is 0 Å². The second-order valence-electron chi connectivity index (χ2n) is 3.14. The smallest absolute Gasteiger partial charge is 0.0988 e. The molecule has 0 amide bonds. The molecule has 0 aromatic heterocycles. The van der Waals surface area contributed by atoms with Crippen molar-refractivity contribution >= 4 is 0 Å². The zero-order valence-corrected chi connectivity index (χ0v) is 9.46. The van der Waals surface area contributed by atoms with E-state index in [-0.39, 0.29) is 0 Å². The molecule has 0 aromatic rings. The van der Waals surface area contributed by atoms with Crippen molar-refractivity contribution in [3.63, 3.8) is 0 Å². The quantitative estimate of drug-likeness (QED) is 0.503. The van der Waals surface area contributed by atoms with E-state index in [0.717, 1.165) is 17.8 Å². The van der Waals surface area contributed by atoms with E-state index in [0.29, 0.717) is 5.57 Å². The highest BCUT2D eigenvalue weighted by atomic mass is 15.1. The largest absolute Gasteiger partial charge is 0.375 e. The normalized spacial score (nSPS) is 12.2. The van der Waals surface area contributed by atoms with Crippen LogP contribution < -0.4 is 0 Å². The van der Waals surface area contributed by atoms with Gasteiger partial charge < -0.3 is 4.90 Å². The predicted molar refractivity (Wildman–Crippen MR) is 60.6 cm³/mol. The first-order valence-electron chi connectivity index (χ1n) is 4.71. The van der Waals surface area contributed by atoms with Crippen molar-refractivity contribution in [2.45, 2.75) is 20.8 Å². The van der Waals surface area contributed by atoms with Gasteiger partial charge in [0.15, 0.2) is 0 Å². The summed E-state index contributed by atoms with van der Waals surface area (Å²) in [5.74, 6) is 0. The lowest BCUT2D eigenvalue weighted by atomic mass is 10.1. The molecule has 2 heteroatoms. The molecule has 0 aliphatic carbocycles. The summed E-state index contributed by atoms with van der Waals surface area (Å²) < 4.78 is 0. The average molecular weight is 190 g/mol. The summed E-state index contributed by atoms with van der Waals surface area (Å²) in [4.78, 5) is 2.05. The van der Waals surface area contributed by atoms with Gasteiger partial charge in [-0.3, -0.25) is 0 Å². The van der Waals surface area contributed by atoms with Gasteiger partial charge in [0.05, 0.1) is 6.07 Å². The van der Waals surface area contributed by atoms with E-state index in [2.05, 4.69) is 24.5 Å². The van der Waals surface area contributed by atoms with Gasteiger partial charge in [0.1, 0.15) is 0 Å². The maximum absolute atomic E-state index is 8.75. The molecular formula is C12H18N2. The molecule has 0 fully saturated rings. The van der Waals surface area contributed by atoms with Crippen LogP contribution >= 0.6 is 0 Å². The average Bonchev–Trinajstić information content (AvgIpc) is 2.23. The molecule has 0 bridgehead atoms. The fourth-order valence-electron chi connectivity index (χ4n) is 0.989. The second-order valence-corrected chi connectivity index (χ2v) is 3.14. The highest BCUT2D eigenvalue weighted by Crippen LogP contribution is 2.12. The van der Waals surface area contributed by atoms with Crippen LogP contribution in [-0.4, -0.2) is 18.5 Å². The Morgan fingerprint density at radius 2 is 2.14 bits per heavy atom. The molecule has 76 valence electrons. The van der Waals surface area contributed by atoms with E-state index >= 15 is 0 Å². The van der Waals surface area contributed by atoms with Gasteiger partial charge in [-0.1, -0.05) is 12.7 Å². The lowest BCUT2D eigenvalue weighted by Crippen LogP contribution is -2.16. The van der Waals surface area contributed by atoms with Crippen molar-refractivity contribution in [3.05, 3.63) is 35.6 Å². The maximum atomic E-state index is 8.75. The Morgan fingerprint density at radius 3 is 2.50 bits per heavy atom. The molecule has 0 aromatic carbocycles. The Hall–Kier alpha value is -1.49. The minimum absolute atomic E-state index is 0.674. The molecule has 0 N–H and O–H groups in total. The minimum Gasteiger partial charge on any atom is -0.375 e. The molecule has 0 rings (SSSR count). The van der Waals surface area contributed by atoms with Crippen LogP contribution in [0.3, 0.4) is 0 Å². The van der Waals surface area contributed by atoms with E-state index in [1.54, 1.807) is 6.08 Å². The third-order valence-electron chi connectivity index (χ3n) is 2.20. The first-order chi connectivity index (χ1) is 6.56. The highest BCUT2D eigenvalue weighted by Gasteiger charge is 2.01. The van der Waals surface area contributed by atoms with Gasteiger partial charge in [0.2, 0.25) is 0 Å². The van der Waals surface area contributed by atoms with Gasteiger partial charge in [0, 0.05) is 24.9 Å². The predicted octanol–water partition coefficient (Wildman–Crippen LogP) is 2.87. The van der Waals surface area contributed by atoms with Gasteiger partial charge in [-0.15, -0.1) is 0 Å². The number of rotatable bonds is 4. The fraction of sp³-hybridized carbons (Fsp3) is 0.417. The first kappa shape index (κ1) is 12.5. The lowest BCUT2D eigenvalue weighted by molar-refractivity contribution is 0.451. The van der Waals surface area contributed by atoms with E-state index in [1.807, 2.05) is 27.0 Å². The molecule has 0 spiro atoms. The standard InChI is InChI=1S/C12H18N2/c1-6-12(9-13)8-10(3)11(4)14(5)7-2/h6,8H,4,7H2,1-3,5H3/b10-8-,12-6+. The molecule has 0 heterocycles. The zero-order valence-electron chi connectivity index (χ0n) is 9.46. The summed E-state index contributed by atoms with van der Waals surface area (Å²) in [6, 6.07) is 2.12. The number of nitriles is 1. The van der Waals surface area contributed by atoms with Crippen LogP contribution in [0.5, 0.6) is 0 Å². The van der Waals surface area contributed by atoms with Crippen molar-refractivity contribution in [3.8, 4) is 6.07 Å². The Kier molecular flexibility index (Phi) is 5.40. The van der Waals surface area contributed by atoms with Crippen LogP contribution in [0, 0.1) is 11.3 Å². The summed E-state index contributed by atoms with van der Waals surface area (Å²) in [5.41, 5.74) is 2.67. The second kappa shape index (κ2) is 6.04. The van der Waals surface area contributed by atoms with Gasteiger partial charge in [-0.05, 0) is 32.4 Å². The SMILES string of the molecule is C=C(/C(C)=C\C(C#N)=C/C)N(C)CC. The lowest BCUT2D eigenvalue weighted by Gasteiger charge is -2.19. The van der Waals surface area contributed by atoms with Crippen LogP contribution in [0.15, 0.2) is 35.6 Å². The molecule has 14 heavy (non-hydrogen) atoms. The molecule has 2 nitrogen and oxygen atoms in total. The van der Waals surface area contributed by atoms with Crippen molar-refractivity contribution in [1.82, 2.24) is 4.90 Å². The molecule has 0 atom stereocenters. The number of nitrogens with zero attached hydrogens (tertiary/aromatic N) is 2. The number of hydrogen-bond donors (Lipinski definition) is 0. The summed E-state index contributed by atoms with van der Waals surface area (Å²) in [7, 11) is 1.99. The van der Waals surface area contributed by atoms with Crippen molar-refractivity contribution in [1.29, 1.82) is 5.26 Å². The molecule has 0 aliphatic heterocycles. The first-order valence-corrected chi connectivity index (χ1v) is 4.71. The summed E-state index contributed by atoms with van der Waals surface area (Å²) >= 11 is 0. The van der Waals surface area contributed by atoms with Gasteiger partial charge >= 0.3 is 0 Å². The summed E-state index contributed by atoms with van der Waals surface area (Å²) in [5, 5.41) is 8.75. The summed E-state index contributed by atoms with van der Waals surface area (Å²) in [6.07, 6.45) is 3.65. The minimum atomic E-state index is 0.674. The van der Waals surface area contributed by atoms with Crippen LogP contribution in [0.25, 0.3) is 0 Å². The molecule has 0 radical (unpaired) electrons. The Labute approximate surface area is 86.8 Å². The third-order valence-corrected chi connectivity index (χ3v) is 2.20. The zero-order chi connectivity index (χ0) is 11.1. The number of likely N-dealkylation sites (N-methyl/N-ethyl adjacent to an activating group) is 1. The molecular weight excluding hydrogens is 172 g/mol. The number of hydrogen-bond acceptors (Lipinski definition) is 2. The Bertz CT molecular complexity index is 303. The third kappa shape index (κ3) is 3.49. The monoisotopic (exact) mass is 190 g/mol. The Balaban J connectivity index is 4.71. The van der Waals surface area contributed by atoms with Crippen LogP contribution in [0.1, 0.15) is 20.8 Å². The molecule has 0 aliphatic rings. The van der Waals surface area contributed by atoms with Crippen molar-refractivity contribution in [2.24, 2.45) is 0 Å². The van der Waals surface area contributed by atoms with E-state index < -0.39 is 0 Å². The summed E-state index contributed by atoms with van der Waals surface area (Å²) in [6.45, 7) is 10.8. The van der Waals surface area contributed by atoms with Crippen LogP contribution in [-0.2, 0) is 0 Å². The van der Waals surface area contributed by atoms with Crippen LogP contribution in [0.2, 0.25) is 0 Å². The topological polar surface area (TPSA) is 27.0 Å². The van der Waals surface area contributed by atoms with Crippen LogP contribution in [0.4, 0.5) is 0 Å². The molecule has 0 saturated heterocycles. The molecule has 0 saturated carbocycles. The van der Waals surface area contributed by atoms with Crippen molar-refractivity contribution < 1.29 is 0 Å². The van der Waals surface area contributed by atoms with Gasteiger partial charge in [-0.2, -0.15) is 5.26 Å². The maximum Gasteiger partial charge on any atom is 0.0988 e. The highest BCUT2D eigenvalue weighted by molar-refractivity contribution is 5.40. The Morgan fingerprint density at radius 1 is 1.57 bits per heavy atom. The molecule has 0 unspecified atom stereocenters. The van der Waals surface area contributed by atoms with Gasteiger partial charge in [0.25, 0.3) is 0 Å². The van der Waals surface area contributed by atoms with E-state index in [4.69, 9.17) is 5.26 Å². The number of allylic oxidation sites excluding steroid dienone is 4. The van der Waals surface area contributed by atoms with E-state index in [9.17, 15) is 0 Å². The fourth-order valence-corrected chi connectivity index (χ4v) is 0.989.